The number of hydrogen-bond donors (Lipinski definition) is 0. The molecule has 0 unspecified atom stereocenters. The molecule has 1 aliphatic carbocycles. The summed E-state index contributed by atoms with van der Waals surface area (Å²) in [5.74, 6) is 0. The maximum atomic E-state index is 2.36. The maximum absolute atomic E-state index is 2.36. The normalized spacial score (nSPS) is 13.4. The Bertz CT molecular complexity index is 1570. The van der Waals surface area contributed by atoms with Gasteiger partial charge in [0.15, 0.2) is 0 Å². The van der Waals surface area contributed by atoms with Gasteiger partial charge in [-0.3, -0.25) is 0 Å². The molecule has 0 N–H and O–H groups in total. The molecule has 0 heterocycles. The van der Waals surface area contributed by atoms with Crippen LogP contribution in [-0.4, -0.2) is 0 Å². The highest BCUT2D eigenvalue weighted by Gasteiger charge is 2.36. The second-order valence-corrected chi connectivity index (χ2v) is 10.3. The lowest BCUT2D eigenvalue weighted by atomic mass is 9.82. The largest absolute Gasteiger partial charge is 0.0622 e. The molecule has 1 aliphatic rings. The second-order valence-electron chi connectivity index (χ2n) is 10.3. The fraction of sp³-hybridized carbons (Fsp3) is 0.143. The first kappa shape index (κ1) is 21.6. The average molecular weight is 451 g/mol. The van der Waals surface area contributed by atoms with Gasteiger partial charge in [0.05, 0.1) is 0 Å². The fourth-order valence-corrected chi connectivity index (χ4v) is 5.90. The van der Waals surface area contributed by atoms with Gasteiger partial charge in [0.25, 0.3) is 0 Å². The van der Waals surface area contributed by atoms with Gasteiger partial charge in [0.2, 0.25) is 0 Å². The number of benzene rings is 5. The Morgan fingerprint density at radius 1 is 0.429 bits per heavy atom. The lowest BCUT2D eigenvalue weighted by Gasteiger charge is -2.21. The van der Waals surface area contributed by atoms with Crippen molar-refractivity contribution in [1.29, 1.82) is 0 Å². The molecule has 0 fully saturated rings. The van der Waals surface area contributed by atoms with E-state index in [9.17, 15) is 0 Å². The first-order chi connectivity index (χ1) is 16.9. The van der Waals surface area contributed by atoms with Crippen LogP contribution in [0.15, 0.2) is 109 Å². The molecule has 0 bridgehead atoms. The van der Waals surface area contributed by atoms with E-state index in [-0.39, 0.29) is 5.41 Å². The first-order valence-electron chi connectivity index (χ1n) is 12.5. The smallest absolute Gasteiger partial charge is 0.0159 e. The van der Waals surface area contributed by atoms with Crippen LogP contribution in [0.4, 0.5) is 0 Å². The topological polar surface area (TPSA) is 0 Å². The molecular weight excluding hydrogens is 420 g/mol. The van der Waals surface area contributed by atoms with E-state index in [1.165, 1.54) is 66.8 Å². The number of fused-ring (bicyclic) bond motifs is 3. The molecule has 0 saturated carbocycles. The molecule has 0 radical (unpaired) electrons. The zero-order chi connectivity index (χ0) is 24.2. The Labute approximate surface area is 208 Å². The molecule has 5 aromatic carbocycles. The van der Waals surface area contributed by atoms with E-state index in [0.29, 0.717) is 0 Å². The molecule has 0 saturated heterocycles. The summed E-state index contributed by atoms with van der Waals surface area (Å²) in [5.41, 5.74) is 16.0. The van der Waals surface area contributed by atoms with Crippen molar-refractivity contribution in [2.24, 2.45) is 0 Å². The molecule has 0 heteroatoms. The summed E-state index contributed by atoms with van der Waals surface area (Å²) in [6, 6.07) is 40.1. The predicted molar refractivity (Wildman–Crippen MR) is 150 cm³/mol. The van der Waals surface area contributed by atoms with E-state index in [2.05, 4.69) is 137 Å². The minimum Gasteiger partial charge on any atom is -0.0622 e. The lowest BCUT2D eigenvalue weighted by Crippen LogP contribution is -2.14. The first-order valence-corrected chi connectivity index (χ1v) is 12.5. The van der Waals surface area contributed by atoms with Crippen LogP contribution in [-0.2, 0) is 5.41 Å². The molecule has 35 heavy (non-hydrogen) atoms. The van der Waals surface area contributed by atoms with E-state index in [1.54, 1.807) is 0 Å². The van der Waals surface area contributed by atoms with Crippen LogP contribution < -0.4 is 0 Å². The monoisotopic (exact) mass is 450 g/mol. The molecule has 170 valence electrons. The quantitative estimate of drug-likeness (QED) is 0.257. The third kappa shape index (κ3) is 3.44. The number of rotatable bonds is 3. The van der Waals surface area contributed by atoms with Gasteiger partial charge in [0, 0.05) is 5.41 Å². The van der Waals surface area contributed by atoms with Crippen molar-refractivity contribution in [2.75, 3.05) is 0 Å². The highest BCUT2D eigenvalue weighted by atomic mass is 14.4. The molecule has 6 rings (SSSR count). The van der Waals surface area contributed by atoms with E-state index >= 15 is 0 Å². The molecule has 0 aliphatic heterocycles. The molecule has 0 aromatic heterocycles. The summed E-state index contributed by atoms with van der Waals surface area (Å²) in [7, 11) is 0. The van der Waals surface area contributed by atoms with Gasteiger partial charge < -0.3 is 0 Å². The van der Waals surface area contributed by atoms with Crippen LogP contribution in [0.5, 0.6) is 0 Å². The van der Waals surface area contributed by atoms with E-state index in [0.717, 1.165) is 0 Å². The van der Waals surface area contributed by atoms with E-state index < -0.39 is 0 Å². The van der Waals surface area contributed by atoms with Crippen molar-refractivity contribution in [1.82, 2.24) is 0 Å². The Hall–Kier alpha value is -3.90. The number of aryl methyl sites for hydroxylation is 2. The van der Waals surface area contributed by atoms with Crippen molar-refractivity contribution in [3.63, 3.8) is 0 Å². The van der Waals surface area contributed by atoms with E-state index in [4.69, 9.17) is 0 Å². The second kappa shape index (κ2) is 8.10. The lowest BCUT2D eigenvalue weighted by molar-refractivity contribution is 0.660. The summed E-state index contributed by atoms with van der Waals surface area (Å²) < 4.78 is 0. The zero-order valence-electron chi connectivity index (χ0n) is 20.9. The third-order valence-corrected chi connectivity index (χ3v) is 7.77. The maximum Gasteiger partial charge on any atom is 0.0159 e. The Morgan fingerprint density at radius 3 is 1.71 bits per heavy atom. The highest BCUT2D eigenvalue weighted by molar-refractivity contribution is 5.93. The van der Waals surface area contributed by atoms with Crippen molar-refractivity contribution in [2.45, 2.75) is 33.1 Å². The average Bonchev–Trinajstić information content (AvgIpc) is 3.12. The van der Waals surface area contributed by atoms with Gasteiger partial charge in [-0.25, -0.2) is 0 Å². The van der Waals surface area contributed by atoms with Crippen LogP contribution in [0, 0.1) is 13.8 Å². The fourth-order valence-electron chi connectivity index (χ4n) is 5.90. The minimum atomic E-state index is 0.0224. The molecule has 0 atom stereocenters. The van der Waals surface area contributed by atoms with Crippen LogP contribution in [0.25, 0.3) is 44.5 Å². The van der Waals surface area contributed by atoms with Crippen LogP contribution in [0.3, 0.4) is 0 Å². The summed E-state index contributed by atoms with van der Waals surface area (Å²) in [6.45, 7) is 9.15. The molecule has 0 spiro atoms. The summed E-state index contributed by atoms with van der Waals surface area (Å²) in [5, 5.41) is 0. The molecule has 0 amide bonds. The van der Waals surface area contributed by atoms with Crippen LogP contribution in [0.2, 0.25) is 0 Å². The third-order valence-electron chi connectivity index (χ3n) is 7.77. The van der Waals surface area contributed by atoms with Crippen molar-refractivity contribution in [3.05, 3.63) is 131 Å². The van der Waals surface area contributed by atoms with Crippen molar-refractivity contribution >= 4 is 0 Å². The van der Waals surface area contributed by atoms with Crippen molar-refractivity contribution in [3.8, 4) is 44.5 Å². The van der Waals surface area contributed by atoms with Gasteiger partial charge in [0.1, 0.15) is 0 Å². The molecule has 0 nitrogen and oxygen atoms in total. The Morgan fingerprint density at radius 2 is 1.00 bits per heavy atom. The summed E-state index contributed by atoms with van der Waals surface area (Å²) >= 11 is 0. The van der Waals surface area contributed by atoms with Gasteiger partial charge in [-0.1, -0.05) is 123 Å². The van der Waals surface area contributed by atoms with Crippen molar-refractivity contribution < 1.29 is 0 Å². The predicted octanol–water partition coefficient (Wildman–Crippen LogP) is 9.61. The van der Waals surface area contributed by atoms with E-state index in [1.807, 2.05) is 0 Å². The van der Waals surface area contributed by atoms with Gasteiger partial charge >= 0.3 is 0 Å². The zero-order valence-corrected chi connectivity index (χ0v) is 20.9. The standard InChI is InChI=1S/C35H30/c1-23-21-26(25-11-6-5-7-12-25)17-19-28(23)29-20-18-27(22-24(29)2)30-14-10-16-33-34(30)31-13-8-9-15-32(31)35(33,3)4/h5-22H,1-4H3. The Kier molecular flexibility index (Phi) is 5.00. The van der Waals surface area contributed by atoms with Gasteiger partial charge in [-0.2, -0.15) is 0 Å². The summed E-state index contributed by atoms with van der Waals surface area (Å²) in [4.78, 5) is 0. The summed E-state index contributed by atoms with van der Waals surface area (Å²) in [6.07, 6.45) is 0. The Balaban J connectivity index is 1.43. The van der Waals surface area contributed by atoms with Crippen LogP contribution >= 0.6 is 0 Å². The minimum absolute atomic E-state index is 0.0224. The SMILES string of the molecule is Cc1cc(-c2ccccc2)ccc1-c1ccc(-c2cccc3c2-c2ccccc2C3(C)C)cc1C. The molecular formula is C35H30. The molecule has 5 aromatic rings. The van der Waals surface area contributed by atoms with Gasteiger partial charge in [-0.15, -0.1) is 0 Å². The van der Waals surface area contributed by atoms with Gasteiger partial charge in [-0.05, 0) is 80.6 Å². The number of hydrogen-bond acceptors (Lipinski definition) is 0. The van der Waals surface area contributed by atoms with Crippen LogP contribution in [0.1, 0.15) is 36.1 Å². The highest BCUT2D eigenvalue weighted by Crippen LogP contribution is 2.52.